The summed E-state index contributed by atoms with van der Waals surface area (Å²) in [6, 6.07) is 0. The van der Waals surface area contributed by atoms with Gasteiger partial charge in [0.25, 0.3) is 0 Å². The third-order valence-electron chi connectivity index (χ3n) is 2.42. The standard InChI is InChI=1S/C11H20N4O3S/c1-9(2)18-6-5-15(4)19(16,17)10-7-13-11(12-3)14-8-10/h7-9H,5-6H2,1-4H3,(H,12,13,14). The largest absolute Gasteiger partial charge is 0.377 e. The first-order valence-electron chi connectivity index (χ1n) is 5.95. The van der Waals surface area contributed by atoms with Gasteiger partial charge < -0.3 is 10.1 Å². The smallest absolute Gasteiger partial charge is 0.245 e. The van der Waals surface area contributed by atoms with Gasteiger partial charge in [-0.2, -0.15) is 4.31 Å². The Labute approximate surface area is 114 Å². The number of anilines is 1. The Morgan fingerprint density at radius 3 is 2.42 bits per heavy atom. The predicted molar refractivity (Wildman–Crippen MR) is 72.5 cm³/mol. The zero-order valence-corrected chi connectivity index (χ0v) is 12.4. The van der Waals surface area contributed by atoms with E-state index in [2.05, 4.69) is 15.3 Å². The Balaban J connectivity index is 2.72. The summed E-state index contributed by atoms with van der Waals surface area (Å²) < 4.78 is 30.9. The minimum atomic E-state index is -3.56. The molecule has 0 aliphatic heterocycles. The van der Waals surface area contributed by atoms with Crippen molar-refractivity contribution in [3.8, 4) is 0 Å². The van der Waals surface area contributed by atoms with Crippen molar-refractivity contribution in [3.63, 3.8) is 0 Å². The van der Waals surface area contributed by atoms with E-state index in [1.54, 1.807) is 7.05 Å². The predicted octanol–water partition coefficient (Wildman–Crippen LogP) is 0.564. The summed E-state index contributed by atoms with van der Waals surface area (Å²) >= 11 is 0. The first-order valence-corrected chi connectivity index (χ1v) is 7.39. The quantitative estimate of drug-likeness (QED) is 0.789. The van der Waals surface area contributed by atoms with E-state index in [4.69, 9.17) is 4.74 Å². The van der Waals surface area contributed by atoms with Crippen LogP contribution < -0.4 is 5.32 Å². The summed E-state index contributed by atoms with van der Waals surface area (Å²) in [5.41, 5.74) is 0. The van der Waals surface area contributed by atoms with E-state index >= 15 is 0 Å². The van der Waals surface area contributed by atoms with Crippen LogP contribution in [0.5, 0.6) is 0 Å². The second-order valence-electron chi connectivity index (χ2n) is 4.24. The number of hydrogen-bond donors (Lipinski definition) is 1. The van der Waals surface area contributed by atoms with Gasteiger partial charge in [-0.15, -0.1) is 0 Å². The van der Waals surface area contributed by atoms with Gasteiger partial charge in [-0.25, -0.2) is 18.4 Å². The average molecular weight is 288 g/mol. The van der Waals surface area contributed by atoms with Gasteiger partial charge in [0.2, 0.25) is 16.0 Å². The van der Waals surface area contributed by atoms with Crippen LogP contribution in [0.1, 0.15) is 13.8 Å². The highest BCUT2D eigenvalue weighted by atomic mass is 32.2. The highest BCUT2D eigenvalue weighted by molar-refractivity contribution is 7.89. The third kappa shape index (κ3) is 4.41. The monoisotopic (exact) mass is 288 g/mol. The van der Waals surface area contributed by atoms with Gasteiger partial charge >= 0.3 is 0 Å². The van der Waals surface area contributed by atoms with E-state index in [0.717, 1.165) is 0 Å². The van der Waals surface area contributed by atoms with Crippen LogP contribution in [0.3, 0.4) is 0 Å². The fourth-order valence-corrected chi connectivity index (χ4v) is 2.34. The Morgan fingerprint density at radius 2 is 1.95 bits per heavy atom. The minimum Gasteiger partial charge on any atom is -0.377 e. The Hall–Kier alpha value is -1.25. The second kappa shape index (κ2) is 6.78. The second-order valence-corrected chi connectivity index (χ2v) is 6.28. The number of nitrogens with zero attached hydrogens (tertiary/aromatic N) is 3. The molecule has 0 aromatic carbocycles. The van der Waals surface area contributed by atoms with Crippen LogP contribution in [0.2, 0.25) is 0 Å². The van der Waals surface area contributed by atoms with Crippen LogP contribution in [0.4, 0.5) is 5.95 Å². The lowest BCUT2D eigenvalue weighted by molar-refractivity contribution is 0.0737. The highest BCUT2D eigenvalue weighted by Gasteiger charge is 2.21. The lowest BCUT2D eigenvalue weighted by Crippen LogP contribution is -2.31. The molecule has 0 amide bonds. The van der Waals surface area contributed by atoms with Gasteiger partial charge in [0.05, 0.1) is 25.1 Å². The van der Waals surface area contributed by atoms with Crippen molar-refractivity contribution in [2.45, 2.75) is 24.8 Å². The maximum Gasteiger partial charge on any atom is 0.245 e. The molecule has 0 atom stereocenters. The molecule has 0 radical (unpaired) electrons. The molecule has 1 aromatic rings. The van der Waals surface area contributed by atoms with Crippen molar-refractivity contribution >= 4 is 16.0 Å². The molecule has 19 heavy (non-hydrogen) atoms. The summed E-state index contributed by atoms with van der Waals surface area (Å²) in [7, 11) is -0.391. The van der Waals surface area contributed by atoms with E-state index in [1.807, 2.05) is 13.8 Å². The molecule has 0 saturated carbocycles. The molecule has 1 heterocycles. The van der Waals surface area contributed by atoms with Crippen LogP contribution >= 0.6 is 0 Å². The lowest BCUT2D eigenvalue weighted by Gasteiger charge is -2.17. The van der Waals surface area contributed by atoms with Crippen molar-refractivity contribution in [2.75, 3.05) is 32.6 Å². The van der Waals surface area contributed by atoms with Crippen molar-refractivity contribution in [1.29, 1.82) is 0 Å². The summed E-state index contributed by atoms with van der Waals surface area (Å²) in [6.07, 6.45) is 2.65. The molecule has 7 nitrogen and oxygen atoms in total. The van der Waals surface area contributed by atoms with Crippen LogP contribution in [-0.2, 0) is 14.8 Å². The zero-order chi connectivity index (χ0) is 14.5. The van der Waals surface area contributed by atoms with E-state index in [-0.39, 0.29) is 17.5 Å². The molecule has 0 unspecified atom stereocenters. The SMILES string of the molecule is CNc1ncc(S(=O)(=O)N(C)CCOC(C)C)cn1. The molecule has 0 saturated heterocycles. The summed E-state index contributed by atoms with van der Waals surface area (Å²) in [6.45, 7) is 4.44. The van der Waals surface area contributed by atoms with Gasteiger partial charge in [-0.3, -0.25) is 0 Å². The van der Waals surface area contributed by atoms with Crippen LogP contribution in [-0.4, -0.2) is 56.0 Å². The number of rotatable bonds is 7. The van der Waals surface area contributed by atoms with Crippen molar-refractivity contribution in [1.82, 2.24) is 14.3 Å². The highest BCUT2D eigenvalue weighted by Crippen LogP contribution is 2.12. The minimum absolute atomic E-state index is 0.0681. The Morgan fingerprint density at radius 1 is 1.37 bits per heavy atom. The van der Waals surface area contributed by atoms with Crippen LogP contribution in [0.15, 0.2) is 17.3 Å². The topological polar surface area (TPSA) is 84.4 Å². The van der Waals surface area contributed by atoms with E-state index in [9.17, 15) is 8.42 Å². The van der Waals surface area contributed by atoms with E-state index in [1.165, 1.54) is 23.7 Å². The number of aromatic nitrogens is 2. The van der Waals surface area contributed by atoms with Gasteiger partial charge in [0.15, 0.2) is 0 Å². The van der Waals surface area contributed by atoms with Crippen molar-refractivity contribution in [3.05, 3.63) is 12.4 Å². The zero-order valence-electron chi connectivity index (χ0n) is 11.6. The molecule has 1 aromatic heterocycles. The molecular formula is C11H20N4O3S. The number of sulfonamides is 1. The maximum absolute atomic E-state index is 12.2. The molecule has 0 aliphatic carbocycles. The number of likely N-dealkylation sites (N-methyl/N-ethyl adjacent to an activating group) is 1. The van der Waals surface area contributed by atoms with Gasteiger partial charge in [-0.1, -0.05) is 0 Å². The summed E-state index contributed by atoms with van der Waals surface area (Å²) in [5, 5.41) is 2.73. The van der Waals surface area contributed by atoms with Gasteiger partial charge in [-0.05, 0) is 13.8 Å². The molecule has 1 N–H and O–H groups in total. The average Bonchev–Trinajstić information content (AvgIpc) is 2.38. The van der Waals surface area contributed by atoms with Crippen LogP contribution in [0.25, 0.3) is 0 Å². The molecule has 0 fully saturated rings. The third-order valence-corrected chi connectivity index (χ3v) is 4.23. The Bertz CT molecular complexity index is 487. The summed E-state index contributed by atoms with van der Waals surface area (Å²) in [5.74, 6) is 0.379. The fourth-order valence-electron chi connectivity index (χ4n) is 1.30. The van der Waals surface area contributed by atoms with Gasteiger partial charge in [0.1, 0.15) is 4.90 Å². The molecule has 0 aliphatic rings. The molecular weight excluding hydrogens is 268 g/mol. The molecule has 0 spiro atoms. The normalized spacial score (nSPS) is 12.1. The van der Waals surface area contributed by atoms with E-state index < -0.39 is 10.0 Å². The van der Waals surface area contributed by atoms with Crippen molar-refractivity contribution in [2.24, 2.45) is 0 Å². The molecule has 1 rings (SSSR count). The maximum atomic E-state index is 12.2. The first kappa shape index (κ1) is 15.8. The lowest BCUT2D eigenvalue weighted by atomic mass is 10.5. The number of ether oxygens (including phenoxy) is 1. The molecule has 0 bridgehead atoms. The first-order chi connectivity index (χ1) is 8.87. The van der Waals surface area contributed by atoms with Gasteiger partial charge in [0, 0.05) is 20.6 Å². The molecule has 108 valence electrons. The number of nitrogens with one attached hydrogen (secondary N) is 1. The van der Waals surface area contributed by atoms with Crippen LogP contribution in [0, 0.1) is 0 Å². The fraction of sp³-hybridized carbons (Fsp3) is 0.636. The summed E-state index contributed by atoms with van der Waals surface area (Å²) in [4.78, 5) is 7.86. The van der Waals surface area contributed by atoms with E-state index in [0.29, 0.717) is 12.6 Å². The molecule has 8 heteroatoms. The Kier molecular flexibility index (Phi) is 5.64. The van der Waals surface area contributed by atoms with Crippen molar-refractivity contribution < 1.29 is 13.2 Å². The number of hydrogen-bond acceptors (Lipinski definition) is 6.